The Morgan fingerprint density at radius 1 is 0.561 bits per heavy atom. The second kappa shape index (κ2) is 11.5. The number of carbonyl (C=O) groups excluding carboxylic acids is 4. The summed E-state index contributed by atoms with van der Waals surface area (Å²) in [6.45, 7) is 1.17. The summed E-state index contributed by atoms with van der Waals surface area (Å²) in [4.78, 5) is 53.8. The fourth-order valence-electron chi connectivity index (χ4n) is 6.83. The number of hydrogen-bond donors (Lipinski definition) is 0. The van der Waals surface area contributed by atoms with Crippen LogP contribution in [0.4, 0.5) is 13.2 Å². The fourth-order valence-corrected chi connectivity index (χ4v) is 9.88. The molecule has 0 N–H and O–H groups in total. The number of halogens is 10. The molecule has 3 aliphatic carbocycles. The number of ether oxygens (including phenoxy) is 1. The first kappa shape index (κ1) is 32.5. The Hall–Kier alpha value is 0.0600. The third-order valence-corrected chi connectivity index (χ3v) is 13.1. The number of rotatable bonds is 3. The number of amides is 4. The van der Waals surface area contributed by atoms with Crippen LogP contribution in [0.3, 0.4) is 0 Å². The van der Waals surface area contributed by atoms with Crippen molar-refractivity contribution in [2.45, 2.75) is 81.3 Å². The van der Waals surface area contributed by atoms with Crippen molar-refractivity contribution >= 4 is 105 Å². The van der Waals surface area contributed by atoms with E-state index < -0.39 is 128 Å². The van der Waals surface area contributed by atoms with Crippen molar-refractivity contribution in [3.63, 3.8) is 0 Å². The topological polar surface area (TPSA) is 84.0 Å². The Balaban J connectivity index is 1.43. The molecule has 0 bridgehead atoms. The monoisotopic (exact) mass is 722 g/mol. The lowest BCUT2D eigenvalue weighted by Gasteiger charge is -2.46. The first-order valence-corrected chi connectivity index (χ1v) is 15.9. The zero-order valence-electron chi connectivity index (χ0n) is 21.1. The van der Waals surface area contributed by atoms with Gasteiger partial charge in [0.05, 0.1) is 73.5 Å². The molecule has 18 atom stereocenters. The van der Waals surface area contributed by atoms with Crippen LogP contribution in [0.25, 0.3) is 0 Å². The van der Waals surface area contributed by atoms with Gasteiger partial charge in [-0.2, -0.15) is 0 Å². The van der Waals surface area contributed by atoms with Gasteiger partial charge in [-0.25, -0.2) is 13.2 Å². The van der Waals surface area contributed by atoms with Crippen molar-refractivity contribution in [2.75, 3.05) is 7.05 Å². The zero-order valence-corrected chi connectivity index (χ0v) is 26.4. The standard InChI is InChI=1S/C24H24Cl7F3N2O5/c1-3-15(32)14(31)17(34)18(16(3)33)36-23(39)5-7(24(36)40)11(28)20(13(30)9(5)26)41-19-10(27)6-4(8(25)12(19)29)21(37)35(2)22(6)38/h3-20H,1-2H3. The minimum Gasteiger partial charge on any atom is -0.369 e. The molecule has 230 valence electrons. The Morgan fingerprint density at radius 3 is 1.41 bits per heavy atom. The van der Waals surface area contributed by atoms with Crippen molar-refractivity contribution < 1.29 is 37.1 Å². The zero-order chi connectivity index (χ0) is 30.6. The van der Waals surface area contributed by atoms with Crippen LogP contribution in [0.2, 0.25) is 0 Å². The van der Waals surface area contributed by atoms with E-state index in [1.807, 2.05) is 0 Å². The molecule has 5 fully saturated rings. The average molecular weight is 726 g/mol. The molecule has 7 nitrogen and oxygen atoms in total. The molecule has 0 aromatic heterocycles. The summed E-state index contributed by atoms with van der Waals surface area (Å²) in [5, 5.41) is -9.08. The van der Waals surface area contributed by atoms with E-state index in [9.17, 15) is 23.6 Å². The number of fused-ring (bicyclic) bond motifs is 2. The molecule has 41 heavy (non-hydrogen) atoms. The van der Waals surface area contributed by atoms with Crippen LogP contribution in [-0.4, -0.2) is 115 Å². The smallest absolute Gasteiger partial charge is 0.235 e. The van der Waals surface area contributed by atoms with Gasteiger partial charge in [0.2, 0.25) is 23.6 Å². The molecule has 17 heteroatoms. The molecule has 2 aliphatic heterocycles. The SMILES string of the molecule is CC1C(F)C(Cl)C(F)C(N2C(=O)C3C(Cl)C(Cl)C(OC4C(Cl)C(Cl)C5C(=O)N(C)C(=O)C5C4Cl)C(Cl)C3C2=O)C1F. The summed E-state index contributed by atoms with van der Waals surface area (Å²) in [6, 6.07) is -2.00. The van der Waals surface area contributed by atoms with Crippen LogP contribution in [-0.2, 0) is 23.9 Å². The molecule has 0 aromatic rings. The fraction of sp³-hybridized carbons (Fsp3) is 0.833. The van der Waals surface area contributed by atoms with E-state index >= 15 is 8.78 Å². The van der Waals surface area contributed by atoms with Gasteiger partial charge in [-0.15, -0.1) is 81.2 Å². The number of likely N-dealkylation sites (tertiary alicyclic amines) is 2. The highest BCUT2D eigenvalue weighted by atomic mass is 35.5. The highest BCUT2D eigenvalue weighted by molar-refractivity contribution is 6.35. The second-order valence-electron chi connectivity index (χ2n) is 11.2. The molecular formula is C24H24Cl7F3N2O5. The molecule has 0 aromatic carbocycles. The summed E-state index contributed by atoms with van der Waals surface area (Å²) in [5.41, 5.74) is 0. The number of nitrogens with zero attached hydrogens (tertiary/aromatic N) is 2. The molecule has 18 unspecified atom stereocenters. The summed E-state index contributed by atoms with van der Waals surface area (Å²) in [5.74, 6) is -9.42. The minimum atomic E-state index is -2.40. The lowest BCUT2D eigenvalue weighted by Crippen LogP contribution is -2.62. The molecule has 4 amide bonds. The Morgan fingerprint density at radius 2 is 0.951 bits per heavy atom. The maximum absolute atomic E-state index is 15.3. The lowest BCUT2D eigenvalue weighted by atomic mass is 9.76. The number of imide groups is 2. The van der Waals surface area contributed by atoms with E-state index in [0.717, 1.165) is 4.90 Å². The molecular weight excluding hydrogens is 701 g/mol. The van der Waals surface area contributed by atoms with Crippen LogP contribution in [0.1, 0.15) is 6.92 Å². The highest BCUT2D eigenvalue weighted by Crippen LogP contribution is 2.51. The van der Waals surface area contributed by atoms with Gasteiger partial charge in [-0.05, 0) is 0 Å². The molecule has 2 saturated heterocycles. The van der Waals surface area contributed by atoms with Gasteiger partial charge in [0, 0.05) is 13.0 Å². The van der Waals surface area contributed by atoms with Crippen LogP contribution < -0.4 is 0 Å². The van der Waals surface area contributed by atoms with E-state index in [0.29, 0.717) is 4.90 Å². The van der Waals surface area contributed by atoms with Crippen molar-refractivity contribution in [3.8, 4) is 0 Å². The normalized spacial score (nSPS) is 54.0. The summed E-state index contributed by atoms with van der Waals surface area (Å²) < 4.78 is 51.0. The molecule has 2 heterocycles. The quantitative estimate of drug-likeness (QED) is 0.326. The predicted octanol–water partition coefficient (Wildman–Crippen LogP) is 3.88. The largest absolute Gasteiger partial charge is 0.369 e. The maximum atomic E-state index is 15.3. The van der Waals surface area contributed by atoms with E-state index in [4.69, 9.17) is 85.9 Å². The Labute approximate surface area is 268 Å². The van der Waals surface area contributed by atoms with E-state index in [1.54, 1.807) is 0 Å². The van der Waals surface area contributed by atoms with Gasteiger partial charge in [-0.1, -0.05) is 6.92 Å². The van der Waals surface area contributed by atoms with Crippen LogP contribution in [0.5, 0.6) is 0 Å². The van der Waals surface area contributed by atoms with Crippen molar-refractivity contribution in [3.05, 3.63) is 0 Å². The summed E-state index contributed by atoms with van der Waals surface area (Å²) in [7, 11) is 1.30. The number of alkyl halides is 10. The van der Waals surface area contributed by atoms with Crippen molar-refractivity contribution in [1.82, 2.24) is 9.80 Å². The summed E-state index contributed by atoms with van der Waals surface area (Å²) in [6.07, 6.45) is -9.21. The van der Waals surface area contributed by atoms with E-state index in [2.05, 4.69) is 0 Å². The predicted molar refractivity (Wildman–Crippen MR) is 147 cm³/mol. The first-order valence-electron chi connectivity index (χ1n) is 12.8. The van der Waals surface area contributed by atoms with E-state index in [-0.39, 0.29) is 0 Å². The molecule has 5 aliphatic rings. The lowest BCUT2D eigenvalue weighted by molar-refractivity contribution is -0.150. The van der Waals surface area contributed by atoms with Gasteiger partial charge >= 0.3 is 0 Å². The van der Waals surface area contributed by atoms with Gasteiger partial charge in [0.1, 0.15) is 24.6 Å². The minimum absolute atomic E-state index is 0.409. The van der Waals surface area contributed by atoms with Gasteiger partial charge in [0.25, 0.3) is 0 Å². The number of carbonyl (C=O) groups is 4. The maximum Gasteiger partial charge on any atom is 0.235 e. The van der Waals surface area contributed by atoms with Crippen LogP contribution in [0.15, 0.2) is 0 Å². The average Bonchev–Trinajstić information content (AvgIpc) is 3.32. The highest BCUT2D eigenvalue weighted by Gasteiger charge is 2.67. The first-order chi connectivity index (χ1) is 19.1. The second-order valence-corrected chi connectivity index (χ2v) is 14.8. The molecule has 0 spiro atoms. The molecule has 0 radical (unpaired) electrons. The van der Waals surface area contributed by atoms with Gasteiger partial charge in [-0.3, -0.25) is 29.0 Å². The third kappa shape index (κ3) is 4.62. The van der Waals surface area contributed by atoms with Gasteiger partial charge in [0.15, 0.2) is 0 Å². The Bertz CT molecular complexity index is 1130. The van der Waals surface area contributed by atoms with Crippen LogP contribution in [0, 0.1) is 29.6 Å². The van der Waals surface area contributed by atoms with Crippen LogP contribution >= 0.6 is 81.2 Å². The van der Waals surface area contributed by atoms with E-state index in [1.165, 1.54) is 14.0 Å². The van der Waals surface area contributed by atoms with Gasteiger partial charge < -0.3 is 4.74 Å². The molecule has 3 saturated carbocycles. The summed E-state index contributed by atoms with van der Waals surface area (Å²) >= 11 is 45.5. The Kier molecular flexibility index (Phi) is 9.06. The van der Waals surface area contributed by atoms with Crippen molar-refractivity contribution in [2.24, 2.45) is 29.6 Å². The van der Waals surface area contributed by atoms with Crippen molar-refractivity contribution in [1.29, 1.82) is 0 Å². The number of hydrogen-bond acceptors (Lipinski definition) is 5. The third-order valence-electron chi connectivity index (χ3n) is 9.16. The molecule has 5 rings (SSSR count).